The van der Waals surface area contributed by atoms with Crippen molar-refractivity contribution in [2.24, 2.45) is 5.92 Å². The Bertz CT molecular complexity index is 518. The first-order valence-electron chi connectivity index (χ1n) is 8.57. The van der Waals surface area contributed by atoms with Crippen LogP contribution < -0.4 is 10.2 Å². The smallest absolute Gasteiger partial charge is 0.222 e. The fourth-order valence-corrected chi connectivity index (χ4v) is 3.63. The molecule has 0 spiro atoms. The lowest BCUT2D eigenvalue weighted by atomic mass is 9.93. The summed E-state index contributed by atoms with van der Waals surface area (Å²) < 4.78 is 0.993. The molecule has 2 aliphatic rings. The maximum atomic E-state index is 12.4. The van der Waals surface area contributed by atoms with Gasteiger partial charge < -0.3 is 15.1 Å². The number of rotatable bonds is 4. The number of amides is 1. The highest BCUT2D eigenvalue weighted by Gasteiger charge is 2.23. The average molecular weight is 454 g/mol. The molecular formula is C17H27BrCl2N4O. The maximum Gasteiger partial charge on any atom is 0.222 e. The molecule has 0 unspecified atom stereocenters. The third-order valence-electron chi connectivity index (χ3n) is 4.89. The molecule has 1 amide bonds. The lowest BCUT2D eigenvalue weighted by molar-refractivity contribution is -0.131. The molecule has 2 saturated heterocycles. The second-order valence-corrected chi connectivity index (χ2v) is 7.35. The van der Waals surface area contributed by atoms with Gasteiger partial charge in [-0.3, -0.25) is 4.79 Å². The van der Waals surface area contributed by atoms with Crippen LogP contribution in [0.2, 0.25) is 0 Å². The van der Waals surface area contributed by atoms with E-state index in [1.165, 1.54) is 12.8 Å². The number of anilines is 1. The van der Waals surface area contributed by atoms with Gasteiger partial charge in [0.05, 0.1) is 0 Å². The first-order chi connectivity index (χ1) is 11.2. The third-order valence-corrected chi connectivity index (χ3v) is 5.36. The Morgan fingerprint density at radius 1 is 1.16 bits per heavy atom. The number of hydrogen-bond donors (Lipinski definition) is 1. The van der Waals surface area contributed by atoms with Gasteiger partial charge in [-0.05, 0) is 66.3 Å². The van der Waals surface area contributed by atoms with Crippen molar-refractivity contribution < 1.29 is 4.79 Å². The van der Waals surface area contributed by atoms with E-state index in [0.717, 1.165) is 61.9 Å². The molecule has 5 nitrogen and oxygen atoms in total. The minimum atomic E-state index is 0. The predicted molar refractivity (Wildman–Crippen MR) is 110 cm³/mol. The summed E-state index contributed by atoms with van der Waals surface area (Å²) in [5, 5.41) is 3.38. The van der Waals surface area contributed by atoms with Crippen LogP contribution in [-0.2, 0) is 4.79 Å². The highest BCUT2D eigenvalue weighted by Crippen LogP contribution is 2.20. The molecule has 0 saturated carbocycles. The molecule has 25 heavy (non-hydrogen) atoms. The molecule has 0 radical (unpaired) electrons. The number of piperazine rings is 1. The Balaban J connectivity index is 0.00000156. The Morgan fingerprint density at radius 2 is 1.84 bits per heavy atom. The van der Waals surface area contributed by atoms with E-state index in [1.807, 2.05) is 23.2 Å². The van der Waals surface area contributed by atoms with Crippen LogP contribution >= 0.6 is 40.7 Å². The highest BCUT2D eigenvalue weighted by atomic mass is 79.9. The molecule has 3 rings (SSSR count). The van der Waals surface area contributed by atoms with Gasteiger partial charge in [0.1, 0.15) is 5.82 Å². The van der Waals surface area contributed by atoms with Crippen LogP contribution in [0.15, 0.2) is 22.8 Å². The number of carbonyl (C=O) groups excluding carboxylic acids is 1. The molecule has 1 aromatic rings. The first-order valence-corrected chi connectivity index (χ1v) is 9.36. The Kier molecular flexibility index (Phi) is 10.1. The number of carbonyl (C=O) groups is 1. The minimum absolute atomic E-state index is 0. The van der Waals surface area contributed by atoms with Gasteiger partial charge in [0.25, 0.3) is 0 Å². The van der Waals surface area contributed by atoms with Crippen LogP contribution in [0.1, 0.15) is 25.7 Å². The third kappa shape index (κ3) is 6.59. The number of nitrogens with one attached hydrogen (secondary N) is 1. The molecule has 0 aliphatic carbocycles. The van der Waals surface area contributed by atoms with Gasteiger partial charge in [0.15, 0.2) is 0 Å². The van der Waals surface area contributed by atoms with E-state index >= 15 is 0 Å². The van der Waals surface area contributed by atoms with Crippen molar-refractivity contribution >= 4 is 52.5 Å². The standard InChI is InChI=1S/C17H25BrN4O.2ClH/c18-15-2-3-16(20-13-15)21-9-11-22(12-10-21)17(23)4-1-14-5-7-19-8-6-14;;/h2-3,13-14,19H,1,4-12H2;2*1H. The molecule has 2 aliphatic heterocycles. The molecule has 0 atom stereocenters. The van der Waals surface area contributed by atoms with E-state index in [9.17, 15) is 4.79 Å². The Labute approximate surface area is 170 Å². The first kappa shape index (κ1) is 22.5. The second kappa shape index (κ2) is 11.2. The number of hydrogen-bond acceptors (Lipinski definition) is 4. The van der Waals surface area contributed by atoms with E-state index in [2.05, 4.69) is 31.1 Å². The van der Waals surface area contributed by atoms with E-state index in [-0.39, 0.29) is 24.8 Å². The number of aromatic nitrogens is 1. The van der Waals surface area contributed by atoms with E-state index in [4.69, 9.17) is 0 Å². The molecule has 1 aromatic heterocycles. The molecule has 2 fully saturated rings. The molecule has 0 bridgehead atoms. The van der Waals surface area contributed by atoms with E-state index in [1.54, 1.807) is 0 Å². The maximum absolute atomic E-state index is 12.4. The SMILES string of the molecule is Cl.Cl.O=C(CCC1CCNCC1)N1CCN(c2ccc(Br)cn2)CC1. The Morgan fingerprint density at radius 3 is 2.44 bits per heavy atom. The van der Waals surface area contributed by atoms with Crippen molar-refractivity contribution in [1.29, 1.82) is 0 Å². The summed E-state index contributed by atoms with van der Waals surface area (Å²) in [5.74, 6) is 2.05. The summed E-state index contributed by atoms with van der Waals surface area (Å²) in [4.78, 5) is 21.1. The quantitative estimate of drug-likeness (QED) is 0.760. The van der Waals surface area contributed by atoms with Crippen LogP contribution in [-0.4, -0.2) is 55.1 Å². The van der Waals surface area contributed by atoms with Crippen LogP contribution in [0, 0.1) is 5.92 Å². The Hall–Kier alpha value is -0.560. The van der Waals surface area contributed by atoms with Crippen molar-refractivity contribution in [2.75, 3.05) is 44.2 Å². The highest BCUT2D eigenvalue weighted by molar-refractivity contribution is 9.10. The number of nitrogens with zero attached hydrogens (tertiary/aromatic N) is 3. The number of halogens is 3. The second-order valence-electron chi connectivity index (χ2n) is 6.43. The van der Waals surface area contributed by atoms with Crippen LogP contribution in [0.4, 0.5) is 5.82 Å². The molecular weight excluding hydrogens is 427 g/mol. The normalized spacial score (nSPS) is 18.3. The van der Waals surface area contributed by atoms with Crippen molar-refractivity contribution in [3.63, 3.8) is 0 Å². The van der Waals surface area contributed by atoms with Crippen molar-refractivity contribution in [1.82, 2.24) is 15.2 Å². The summed E-state index contributed by atoms with van der Waals surface area (Å²) in [7, 11) is 0. The molecule has 3 heterocycles. The zero-order valence-electron chi connectivity index (χ0n) is 14.3. The van der Waals surface area contributed by atoms with Gasteiger partial charge in [-0.25, -0.2) is 4.98 Å². The van der Waals surface area contributed by atoms with Gasteiger partial charge in [0, 0.05) is 43.3 Å². The zero-order chi connectivity index (χ0) is 16.1. The summed E-state index contributed by atoms with van der Waals surface area (Å²) in [6.45, 7) is 5.57. The van der Waals surface area contributed by atoms with Crippen molar-refractivity contribution in [3.05, 3.63) is 22.8 Å². The molecule has 0 aromatic carbocycles. The largest absolute Gasteiger partial charge is 0.353 e. The number of pyridine rings is 1. The van der Waals surface area contributed by atoms with Gasteiger partial charge in [0.2, 0.25) is 5.91 Å². The monoisotopic (exact) mass is 452 g/mol. The van der Waals surface area contributed by atoms with E-state index < -0.39 is 0 Å². The van der Waals surface area contributed by atoms with Crippen LogP contribution in [0.5, 0.6) is 0 Å². The van der Waals surface area contributed by atoms with Gasteiger partial charge >= 0.3 is 0 Å². The summed E-state index contributed by atoms with van der Waals surface area (Å²) in [6.07, 6.45) is 6.02. The molecule has 142 valence electrons. The van der Waals surface area contributed by atoms with Gasteiger partial charge in [-0.15, -0.1) is 24.8 Å². The summed E-state index contributed by atoms with van der Waals surface area (Å²) in [5.41, 5.74) is 0. The fourth-order valence-electron chi connectivity index (χ4n) is 3.40. The van der Waals surface area contributed by atoms with E-state index in [0.29, 0.717) is 12.3 Å². The zero-order valence-corrected chi connectivity index (χ0v) is 17.5. The number of piperidine rings is 1. The van der Waals surface area contributed by atoms with Crippen LogP contribution in [0.3, 0.4) is 0 Å². The van der Waals surface area contributed by atoms with Crippen LogP contribution in [0.25, 0.3) is 0 Å². The topological polar surface area (TPSA) is 48.5 Å². The van der Waals surface area contributed by atoms with Crippen molar-refractivity contribution in [2.45, 2.75) is 25.7 Å². The van der Waals surface area contributed by atoms with Gasteiger partial charge in [-0.1, -0.05) is 0 Å². The lowest BCUT2D eigenvalue weighted by Crippen LogP contribution is -2.49. The summed E-state index contributed by atoms with van der Waals surface area (Å²) >= 11 is 3.41. The fraction of sp³-hybridized carbons (Fsp3) is 0.647. The molecule has 8 heteroatoms. The summed E-state index contributed by atoms with van der Waals surface area (Å²) in [6, 6.07) is 4.04. The predicted octanol–water partition coefficient (Wildman–Crippen LogP) is 3.12. The van der Waals surface area contributed by atoms with Gasteiger partial charge in [-0.2, -0.15) is 0 Å². The van der Waals surface area contributed by atoms with Crippen molar-refractivity contribution in [3.8, 4) is 0 Å². The minimum Gasteiger partial charge on any atom is -0.353 e. The average Bonchev–Trinajstić information content (AvgIpc) is 2.61. The lowest BCUT2D eigenvalue weighted by Gasteiger charge is -2.35. The molecule has 1 N–H and O–H groups in total.